The quantitative estimate of drug-likeness (QED) is 0.0805. The number of hydrogen-bond donors (Lipinski definition) is 5. The standard InChI is InChI=1S/C33H25N8O6S.Na.O3S/c1-17-6-5-7-18(14-17)35-31-38-32(40-33(44)39-31)36-19-10-13-26(48(45,46)47-34)24(15-19)37-23-11-12-25-28-22(16-27(42)41(25)2)20-8-3-4-9-21(20)30(43)29(23)28;;1-4(2)3/h3-6,8-16,37H,34H2,1-2H3,(H3,35,36,38,39,40,44);;/q-1;+1;. The second-order valence-electron chi connectivity index (χ2n) is 11.1. The maximum absolute atomic E-state index is 14.0. The zero-order valence-corrected chi connectivity index (χ0v) is 31.5. The van der Waals surface area contributed by atoms with E-state index in [9.17, 15) is 23.1 Å². The smallest absolute Gasteiger partial charge is 0.479 e. The van der Waals surface area contributed by atoms with Crippen LogP contribution in [0.25, 0.3) is 22.0 Å². The molecule has 53 heavy (non-hydrogen) atoms. The molecule has 7 rings (SSSR count). The van der Waals surface area contributed by atoms with Crippen molar-refractivity contribution in [2.24, 2.45) is 12.9 Å². The van der Waals surface area contributed by atoms with E-state index in [0.29, 0.717) is 39.0 Å². The summed E-state index contributed by atoms with van der Waals surface area (Å²) in [5, 5.41) is 19.7. The van der Waals surface area contributed by atoms with Gasteiger partial charge in [-0.05, 0) is 41.5 Å². The maximum Gasteiger partial charge on any atom is 1.00 e. The second kappa shape index (κ2) is 15.6. The summed E-state index contributed by atoms with van der Waals surface area (Å²) in [5.74, 6) is 4.80. The Hall–Kier alpha value is -5.54. The van der Waals surface area contributed by atoms with Crippen LogP contribution in [0.3, 0.4) is 0 Å². The number of carbonyl (C=O) groups is 1. The van der Waals surface area contributed by atoms with Crippen LogP contribution in [-0.2, 0) is 32.1 Å². The van der Waals surface area contributed by atoms with Crippen molar-refractivity contribution in [2.45, 2.75) is 11.8 Å². The van der Waals surface area contributed by atoms with E-state index in [4.69, 9.17) is 18.5 Å². The minimum absolute atomic E-state index is 0. The van der Waals surface area contributed by atoms with Crippen LogP contribution in [0, 0.1) is 13.0 Å². The maximum atomic E-state index is 14.0. The number of nitrogens with two attached hydrogens (primary N) is 1. The molecular weight excluding hydrogens is 740 g/mol. The molecular formula is C33H25N8NaO9S2. The Labute approximate surface area is 324 Å². The number of carbonyl (C=O) groups excluding carboxylic acids is 1. The van der Waals surface area contributed by atoms with E-state index in [-0.39, 0.29) is 74.6 Å². The molecule has 6 aromatic rings. The average molecular weight is 765 g/mol. The number of rotatable bonds is 8. The fraction of sp³-hybridized carbons (Fsp3) is 0.0606. The van der Waals surface area contributed by atoms with E-state index in [1.807, 2.05) is 19.1 Å². The minimum Gasteiger partial charge on any atom is -0.479 e. The Morgan fingerprint density at radius 2 is 1.53 bits per heavy atom. The van der Waals surface area contributed by atoms with Gasteiger partial charge in [-0.25, -0.2) is 0 Å². The summed E-state index contributed by atoms with van der Waals surface area (Å²) in [7, 11) is -5.96. The SMILES string of the molecule is Cc1cc[c-]c(Nc2nc(O)nc(Nc3ccc(S(=O)(=O)ON)c(Nc4ccc5c6c(cc(=O)n5C)-c5ccccc5C(=O)c46)c3)n2)c1.O=S(=O)=O.[Na+]. The Kier molecular flexibility index (Phi) is 11.4. The van der Waals surface area contributed by atoms with Crippen LogP contribution in [0.4, 0.5) is 34.6 Å². The van der Waals surface area contributed by atoms with Gasteiger partial charge in [0.15, 0.2) is 5.78 Å². The average Bonchev–Trinajstić information content (AvgIpc) is 3.08. The van der Waals surface area contributed by atoms with Gasteiger partial charge in [0, 0.05) is 29.8 Å². The van der Waals surface area contributed by atoms with Gasteiger partial charge in [0.2, 0.25) is 11.9 Å². The predicted molar refractivity (Wildman–Crippen MR) is 188 cm³/mol. The van der Waals surface area contributed by atoms with E-state index < -0.39 is 26.7 Å². The first-order valence-corrected chi connectivity index (χ1v) is 17.3. The molecule has 0 atom stereocenters. The number of anilines is 6. The topological polar surface area (TPSA) is 255 Å². The predicted octanol–water partition coefficient (Wildman–Crippen LogP) is 0.559. The zero-order chi connectivity index (χ0) is 37.3. The summed E-state index contributed by atoms with van der Waals surface area (Å²) in [4.78, 5) is 38.7. The minimum atomic E-state index is -4.46. The number of fused-ring (bicyclic) bond motifs is 2. The Morgan fingerprint density at radius 3 is 2.21 bits per heavy atom. The van der Waals surface area contributed by atoms with Gasteiger partial charge >= 0.3 is 56.3 Å². The number of ketones is 1. The molecule has 0 radical (unpaired) electrons. The number of hydrogen-bond acceptors (Lipinski definition) is 16. The third-order valence-electron chi connectivity index (χ3n) is 7.83. The van der Waals surface area contributed by atoms with Crippen molar-refractivity contribution in [3.05, 3.63) is 112 Å². The third kappa shape index (κ3) is 8.10. The molecule has 0 spiro atoms. The van der Waals surface area contributed by atoms with Crippen molar-refractivity contribution in [2.75, 3.05) is 16.0 Å². The summed E-state index contributed by atoms with van der Waals surface area (Å²) in [5.41, 5.74) is 4.20. The Balaban J connectivity index is 0.00000103. The number of aromatic hydroxyl groups is 1. The van der Waals surface area contributed by atoms with E-state index in [0.717, 1.165) is 5.56 Å². The molecule has 2 aromatic heterocycles. The molecule has 0 unspecified atom stereocenters. The van der Waals surface area contributed by atoms with Crippen molar-refractivity contribution in [3.63, 3.8) is 0 Å². The fourth-order valence-electron chi connectivity index (χ4n) is 5.66. The van der Waals surface area contributed by atoms with Crippen molar-refractivity contribution in [1.29, 1.82) is 0 Å². The van der Waals surface area contributed by atoms with Crippen LogP contribution in [0.5, 0.6) is 6.01 Å². The van der Waals surface area contributed by atoms with Crippen LogP contribution in [0.2, 0.25) is 0 Å². The van der Waals surface area contributed by atoms with E-state index in [2.05, 4.69) is 41.3 Å². The summed E-state index contributed by atoms with van der Waals surface area (Å²) in [6.45, 7) is 1.91. The van der Waals surface area contributed by atoms with Crippen molar-refractivity contribution >= 4 is 72.1 Å². The van der Waals surface area contributed by atoms with Crippen LogP contribution < -0.4 is 57.0 Å². The number of aryl methyl sites for hydroxylation is 2. The zero-order valence-electron chi connectivity index (χ0n) is 27.9. The molecule has 17 nitrogen and oxygen atoms in total. The number of benzene rings is 4. The van der Waals surface area contributed by atoms with E-state index in [1.54, 1.807) is 49.5 Å². The van der Waals surface area contributed by atoms with Crippen LogP contribution in [0.1, 0.15) is 21.5 Å². The molecule has 0 aliphatic heterocycles. The summed E-state index contributed by atoms with van der Waals surface area (Å²) in [6.07, 6.45) is 0. The fourth-order valence-corrected chi connectivity index (χ4v) is 6.37. The van der Waals surface area contributed by atoms with E-state index in [1.165, 1.54) is 28.8 Å². The molecule has 0 saturated carbocycles. The largest absolute Gasteiger partial charge is 1.00 e. The summed E-state index contributed by atoms with van der Waals surface area (Å²) < 4.78 is 57.0. The van der Waals surface area contributed by atoms with Gasteiger partial charge < -0.3 is 25.6 Å². The molecule has 2 heterocycles. The molecule has 0 fully saturated rings. The van der Waals surface area contributed by atoms with Crippen molar-refractivity contribution < 1.29 is 64.8 Å². The Morgan fingerprint density at radius 1 is 0.849 bits per heavy atom. The van der Waals surface area contributed by atoms with Gasteiger partial charge in [-0.2, -0.15) is 57.3 Å². The number of pyridine rings is 1. The molecule has 0 bridgehead atoms. The number of nitrogens with one attached hydrogen (secondary N) is 3. The van der Waals surface area contributed by atoms with Gasteiger partial charge in [-0.3, -0.25) is 9.59 Å². The first-order valence-electron chi connectivity index (χ1n) is 14.8. The Bertz CT molecular complexity index is 2720. The molecule has 264 valence electrons. The molecule has 4 aromatic carbocycles. The van der Waals surface area contributed by atoms with E-state index >= 15 is 0 Å². The molecule has 6 N–H and O–H groups in total. The molecule has 0 amide bonds. The van der Waals surface area contributed by atoms with Crippen LogP contribution >= 0.6 is 0 Å². The second-order valence-corrected chi connectivity index (χ2v) is 13.1. The van der Waals surface area contributed by atoms with Gasteiger partial charge in [0.25, 0.3) is 5.56 Å². The molecule has 20 heteroatoms. The van der Waals surface area contributed by atoms with Gasteiger partial charge in [-0.1, -0.05) is 36.9 Å². The number of aromatic nitrogens is 4. The monoisotopic (exact) mass is 764 g/mol. The normalized spacial score (nSPS) is 11.4. The van der Waals surface area contributed by atoms with Crippen molar-refractivity contribution in [1.82, 2.24) is 19.5 Å². The van der Waals surface area contributed by atoms with Crippen molar-refractivity contribution in [3.8, 4) is 17.1 Å². The molecule has 0 saturated heterocycles. The third-order valence-corrected chi connectivity index (χ3v) is 8.98. The summed E-state index contributed by atoms with van der Waals surface area (Å²) in [6, 6.07) is 23.7. The first kappa shape index (κ1) is 38.7. The molecule has 1 aliphatic rings. The van der Waals surface area contributed by atoms with Gasteiger partial charge in [0.05, 0.1) is 22.5 Å². The molecule has 1 aliphatic carbocycles. The number of nitrogens with zero attached hydrogens (tertiary/aromatic N) is 4. The van der Waals surface area contributed by atoms with Crippen LogP contribution in [0.15, 0.2) is 88.6 Å². The summed E-state index contributed by atoms with van der Waals surface area (Å²) >= 11 is 0. The van der Waals surface area contributed by atoms with Gasteiger partial charge in [-0.15, -0.1) is 18.7 Å². The first-order chi connectivity index (χ1) is 24.7. The van der Waals surface area contributed by atoms with Gasteiger partial charge in [0.1, 0.15) is 4.90 Å². The van der Waals surface area contributed by atoms with Crippen LogP contribution in [-0.4, -0.2) is 51.5 Å².